The van der Waals surface area contributed by atoms with Gasteiger partial charge in [-0.1, -0.05) is 78.3 Å². The monoisotopic (exact) mass is 611 g/mol. The number of rotatable bonds is 8. The van der Waals surface area contributed by atoms with Crippen molar-refractivity contribution in [1.82, 2.24) is 4.98 Å². The Balaban J connectivity index is 1.37. The van der Waals surface area contributed by atoms with Crippen molar-refractivity contribution in [2.45, 2.75) is 39.6 Å². The number of hydrogen-bond acceptors (Lipinski definition) is 7. The molecule has 8 nitrogen and oxygen atoms in total. The first-order chi connectivity index (χ1) is 21.1. The fraction of sp³-hybridized carbons (Fsp3) is 0.171. The summed E-state index contributed by atoms with van der Waals surface area (Å²) in [6.07, 6.45) is -2.50. The molecule has 224 valence electrons. The van der Waals surface area contributed by atoms with E-state index in [0.717, 1.165) is 27.6 Å². The van der Waals surface area contributed by atoms with Crippen LogP contribution in [-0.4, -0.2) is 34.6 Å². The SMILES string of the molecule is CC(C)OC(=O)OC(C)OC(=O)Cc1cccc(-c2cc3cc(-c4ccc(-c5ccccc5O)cc4)c(Cl)cc3[nH]c2=O)c1. The minimum absolute atomic E-state index is 0.0945. The largest absolute Gasteiger partial charge is 0.511 e. The van der Waals surface area contributed by atoms with Gasteiger partial charge in [0.05, 0.1) is 17.5 Å². The van der Waals surface area contributed by atoms with Gasteiger partial charge in [-0.15, -0.1) is 0 Å². The number of fused-ring (bicyclic) bond motifs is 1. The number of aromatic amines is 1. The molecule has 0 fully saturated rings. The lowest BCUT2D eigenvalue weighted by Gasteiger charge is -2.15. The summed E-state index contributed by atoms with van der Waals surface area (Å²) < 4.78 is 15.0. The molecule has 9 heteroatoms. The van der Waals surface area contributed by atoms with E-state index in [9.17, 15) is 19.5 Å². The van der Waals surface area contributed by atoms with Crippen LogP contribution in [0.5, 0.6) is 5.75 Å². The highest BCUT2D eigenvalue weighted by Crippen LogP contribution is 2.35. The Kier molecular flexibility index (Phi) is 9.01. The molecular weight excluding hydrogens is 582 g/mol. The van der Waals surface area contributed by atoms with E-state index in [2.05, 4.69) is 4.98 Å². The smallest absolute Gasteiger partial charge is 0.507 e. The molecule has 44 heavy (non-hydrogen) atoms. The van der Waals surface area contributed by atoms with E-state index in [0.29, 0.717) is 27.2 Å². The Bertz CT molecular complexity index is 1900. The Morgan fingerprint density at radius 3 is 2.16 bits per heavy atom. The average molecular weight is 612 g/mol. The van der Waals surface area contributed by atoms with Crippen molar-refractivity contribution in [3.8, 4) is 39.1 Å². The maximum Gasteiger partial charge on any atom is 0.511 e. The Labute approximate surface area is 258 Å². The second-order valence-corrected chi connectivity index (χ2v) is 10.9. The molecule has 1 atom stereocenters. The van der Waals surface area contributed by atoms with Crippen LogP contribution in [0, 0.1) is 0 Å². The highest BCUT2D eigenvalue weighted by molar-refractivity contribution is 6.34. The highest BCUT2D eigenvalue weighted by Gasteiger charge is 2.17. The van der Waals surface area contributed by atoms with Crippen LogP contribution in [0.15, 0.2) is 95.8 Å². The molecule has 0 saturated heterocycles. The number of nitrogens with one attached hydrogen (secondary N) is 1. The van der Waals surface area contributed by atoms with Gasteiger partial charge < -0.3 is 24.3 Å². The van der Waals surface area contributed by atoms with Crippen molar-refractivity contribution in [2.75, 3.05) is 0 Å². The van der Waals surface area contributed by atoms with Crippen LogP contribution in [-0.2, 0) is 25.4 Å². The predicted molar refractivity (Wildman–Crippen MR) is 170 cm³/mol. The van der Waals surface area contributed by atoms with E-state index < -0.39 is 18.4 Å². The van der Waals surface area contributed by atoms with Crippen LogP contribution >= 0.6 is 11.6 Å². The number of H-pyrrole nitrogens is 1. The first-order valence-electron chi connectivity index (χ1n) is 14.0. The summed E-state index contributed by atoms with van der Waals surface area (Å²) in [4.78, 5) is 40.1. The number of carbonyl (C=O) groups is 2. The Hall–Kier alpha value is -5.08. The second-order valence-electron chi connectivity index (χ2n) is 10.5. The summed E-state index contributed by atoms with van der Waals surface area (Å²) >= 11 is 6.64. The standard InChI is InChI=1S/C35H30ClNO7/c1-20(2)42-35(41)44-21(3)43-33(39)16-22-7-6-8-25(15-22)29-18-26-17-28(30(36)19-31(26)37-34(29)40)24-13-11-23(12-14-24)27-9-4-5-10-32(27)38/h4-15,17-21,38H,16H2,1-3H3,(H,37,40). The molecule has 5 aromatic rings. The third-order valence-electron chi connectivity index (χ3n) is 6.82. The Morgan fingerprint density at radius 1 is 0.773 bits per heavy atom. The Morgan fingerprint density at radius 2 is 1.45 bits per heavy atom. The van der Waals surface area contributed by atoms with Gasteiger partial charge in [0, 0.05) is 29.1 Å². The molecule has 0 saturated carbocycles. The molecule has 0 aliphatic heterocycles. The molecule has 0 aliphatic carbocycles. The number of esters is 1. The van der Waals surface area contributed by atoms with Gasteiger partial charge in [0.15, 0.2) is 0 Å². The summed E-state index contributed by atoms with van der Waals surface area (Å²) in [6, 6.07) is 27.3. The predicted octanol–water partition coefficient (Wildman–Crippen LogP) is 7.88. The van der Waals surface area contributed by atoms with Crippen LogP contribution in [0.2, 0.25) is 5.02 Å². The number of phenols is 1. The van der Waals surface area contributed by atoms with Crippen LogP contribution < -0.4 is 5.56 Å². The second kappa shape index (κ2) is 13.1. The van der Waals surface area contributed by atoms with E-state index in [1.54, 1.807) is 62.4 Å². The van der Waals surface area contributed by atoms with Crippen molar-refractivity contribution in [1.29, 1.82) is 0 Å². The molecule has 5 rings (SSSR count). The third-order valence-corrected chi connectivity index (χ3v) is 7.13. The molecular formula is C35H30ClNO7. The number of pyridine rings is 1. The van der Waals surface area contributed by atoms with Gasteiger partial charge in [-0.2, -0.15) is 0 Å². The van der Waals surface area contributed by atoms with Crippen LogP contribution in [0.25, 0.3) is 44.3 Å². The summed E-state index contributed by atoms with van der Waals surface area (Å²) in [5.41, 5.74) is 5.19. The van der Waals surface area contributed by atoms with Crippen molar-refractivity contribution < 1.29 is 28.9 Å². The molecule has 4 aromatic carbocycles. The summed E-state index contributed by atoms with van der Waals surface area (Å²) in [7, 11) is 0. The molecule has 0 spiro atoms. The van der Waals surface area contributed by atoms with Gasteiger partial charge >= 0.3 is 12.1 Å². The molecule has 0 radical (unpaired) electrons. The number of para-hydroxylation sites is 1. The van der Waals surface area contributed by atoms with Gasteiger partial charge in [0.25, 0.3) is 5.56 Å². The third kappa shape index (κ3) is 7.10. The summed E-state index contributed by atoms with van der Waals surface area (Å²) in [5.74, 6) is -0.402. The van der Waals surface area contributed by atoms with Gasteiger partial charge in [0.2, 0.25) is 6.29 Å². The number of ether oxygens (including phenoxy) is 3. The zero-order valence-corrected chi connectivity index (χ0v) is 25.1. The average Bonchev–Trinajstić information content (AvgIpc) is 2.96. The van der Waals surface area contributed by atoms with Gasteiger partial charge in [-0.05, 0) is 65.8 Å². The van der Waals surface area contributed by atoms with Crippen molar-refractivity contribution in [3.05, 3.63) is 112 Å². The zero-order valence-electron chi connectivity index (χ0n) is 24.3. The number of hydrogen-bond donors (Lipinski definition) is 2. The first-order valence-corrected chi connectivity index (χ1v) is 14.4. The van der Waals surface area contributed by atoms with Crippen LogP contribution in [0.1, 0.15) is 26.3 Å². The molecule has 0 amide bonds. The first kappa shape index (κ1) is 30.4. The maximum atomic E-state index is 13.1. The topological polar surface area (TPSA) is 115 Å². The molecule has 2 N–H and O–H groups in total. The van der Waals surface area contributed by atoms with E-state index in [1.165, 1.54) is 6.92 Å². The maximum absolute atomic E-state index is 13.1. The van der Waals surface area contributed by atoms with Crippen LogP contribution in [0.4, 0.5) is 4.79 Å². The van der Waals surface area contributed by atoms with Gasteiger partial charge in [-0.3, -0.25) is 9.59 Å². The lowest BCUT2D eigenvalue weighted by atomic mass is 9.97. The van der Waals surface area contributed by atoms with Gasteiger partial charge in [0.1, 0.15) is 5.75 Å². The summed E-state index contributed by atoms with van der Waals surface area (Å²) in [6.45, 7) is 4.78. The highest BCUT2D eigenvalue weighted by atomic mass is 35.5. The number of carbonyl (C=O) groups excluding carboxylic acids is 2. The minimum Gasteiger partial charge on any atom is -0.507 e. The minimum atomic E-state index is -1.12. The van der Waals surface area contributed by atoms with Crippen molar-refractivity contribution in [3.63, 3.8) is 0 Å². The van der Waals surface area contributed by atoms with E-state index in [4.69, 9.17) is 25.8 Å². The van der Waals surface area contributed by atoms with Crippen molar-refractivity contribution in [2.24, 2.45) is 0 Å². The fourth-order valence-corrected chi connectivity index (χ4v) is 5.11. The van der Waals surface area contributed by atoms with E-state index in [1.807, 2.05) is 42.5 Å². The van der Waals surface area contributed by atoms with Crippen molar-refractivity contribution >= 4 is 34.6 Å². The number of benzene rings is 4. The zero-order chi connectivity index (χ0) is 31.4. The molecule has 1 heterocycles. The number of aromatic hydroxyl groups is 1. The fourth-order valence-electron chi connectivity index (χ4n) is 4.83. The van der Waals surface area contributed by atoms with Crippen LogP contribution in [0.3, 0.4) is 0 Å². The summed E-state index contributed by atoms with van der Waals surface area (Å²) in [5, 5.41) is 11.5. The molecule has 0 aliphatic rings. The number of aromatic nitrogens is 1. The molecule has 1 unspecified atom stereocenters. The number of halogens is 1. The van der Waals surface area contributed by atoms with Gasteiger partial charge in [-0.25, -0.2) is 4.79 Å². The quantitative estimate of drug-likeness (QED) is 0.135. The lowest BCUT2D eigenvalue weighted by molar-refractivity contribution is -0.167. The van der Waals surface area contributed by atoms with E-state index in [-0.39, 0.29) is 23.8 Å². The number of phenolic OH excluding ortho intramolecular Hbond substituents is 1. The van der Waals surface area contributed by atoms with E-state index >= 15 is 0 Å². The molecule has 1 aromatic heterocycles. The lowest BCUT2D eigenvalue weighted by Crippen LogP contribution is -2.24. The molecule has 0 bridgehead atoms. The normalized spacial score (nSPS) is 11.8.